The van der Waals surface area contributed by atoms with Crippen LogP contribution in [0.1, 0.15) is 71.2 Å². The number of aryl methyl sites for hydroxylation is 8. The Balaban J connectivity index is 0.000000192. The predicted molar refractivity (Wildman–Crippen MR) is 375 cm³/mol. The fraction of sp³-hybridized carbons (Fsp3) is 0.211. The minimum atomic E-state index is -0.826. The number of fused-ring (bicyclic) bond motifs is 4. The Hall–Kier alpha value is -4.44. The van der Waals surface area contributed by atoms with Crippen molar-refractivity contribution in [2.24, 2.45) is 0 Å². The molecular formula is C76H80Cl4Si2Zr2. The minimum absolute atomic E-state index is 0.826. The van der Waals surface area contributed by atoms with E-state index in [0.29, 0.717) is 0 Å². The van der Waals surface area contributed by atoms with Crippen molar-refractivity contribution >= 4 is 96.2 Å². The van der Waals surface area contributed by atoms with E-state index in [9.17, 15) is 0 Å². The first-order valence-electron chi connectivity index (χ1n) is 28.8. The topological polar surface area (TPSA) is 0 Å². The van der Waals surface area contributed by atoms with Crippen LogP contribution in [0.15, 0.2) is 218 Å². The van der Waals surface area contributed by atoms with Gasteiger partial charge in [-0.3, -0.25) is 0 Å². The molecule has 12 aromatic rings. The number of hydrogen-bond acceptors (Lipinski definition) is 0. The molecule has 0 heterocycles. The molecule has 0 amide bonds. The molecule has 0 N–H and O–H groups in total. The van der Waals surface area contributed by atoms with E-state index < -0.39 is 41.7 Å². The van der Waals surface area contributed by atoms with E-state index in [4.69, 9.17) is 34.1 Å². The zero-order valence-corrected chi connectivity index (χ0v) is 61.1. The fourth-order valence-electron chi connectivity index (χ4n) is 10.3. The van der Waals surface area contributed by atoms with Gasteiger partial charge in [0.15, 0.2) is 0 Å². The van der Waals surface area contributed by atoms with Crippen molar-refractivity contribution in [2.75, 3.05) is 0 Å². The monoisotopic (exact) mass is 1370 g/mol. The molecule has 0 aliphatic carbocycles. The zero-order chi connectivity index (χ0) is 61.0. The summed E-state index contributed by atoms with van der Waals surface area (Å²) in [6.45, 7) is 25.9. The third-order valence-electron chi connectivity index (χ3n) is 13.9. The van der Waals surface area contributed by atoms with E-state index in [-0.39, 0.29) is 0 Å². The Morgan fingerprint density at radius 2 is 0.524 bits per heavy atom. The molecule has 0 aliphatic heterocycles. The second kappa shape index (κ2) is 38.0. The maximum absolute atomic E-state index is 4.93. The van der Waals surface area contributed by atoms with E-state index in [1.54, 1.807) is 0 Å². The molecule has 0 saturated heterocycles. The average molecular weight is 1370 g/mol. The van der Waals surface area contributed by atoms with Gasteiger partial charge in [-0.15, -0.1) is 138 Å². The molecule has 0 spiro atoms. The molecule has 84 heavy (non-hydrogen) atoms. The third-order valence-corrected chi connectivity index (χ3v) is 13.9. The summed E-state index contributed by atoms with van der Waals surface area (Å²) in [4.78, 5) is 0. The average Bonchev–Trinajstić information content (AvgIpc) is 4.49. The molecule has 0 fully saturated rings. The standard InChI is InChI=1S/2C19H19.2C17H15.2C2H6Si.4ClH.2Zr/c2*1-3-5-15-8-10-16(11-9-15)18-7-4-6-17-12-14(2)13-19(17)18;2*1-12-6-8-14(9-7-12)16-5-3-4-15-10-13(2)11-17(15)16;2*1-3-2;;;;;;/h2*4,6-13H,3,5H2,1-2H3;2*3-11H,1-2H3;2*1-2H3;4*1H;;/q4*-1;;;;;;;2*+4/p-4. The summed E-state index contributed by atoms with van der Waals surface area (Å²) in [7, 11) is 21.9. The van der Waals surface area contributed by atoms with E-state index in [1.807, 2.05) is 0 Å². The predicted octanol–water partition coefficient (Wildman–Crippen LogP) is 25.0. The van der Waals surface area contributed by atoms with Gasteiger partial charge in [0.05, 0.1) is 0 Å². The van der Waals surface area contributed by atoms with Gasteiger partial charge in [-0.05, 0) is 60.1 Å². The number of benzene rings is 8. The Bertz CT molecular complexity index is 3530. The summed E-state index contributed by atoms with van der Waals surface area (Å²) in [5.41, 5.74) is 21.4. The van der Waals surface area contributed by atoms with E-state index >= 15 is 0 Å². The summed E-state index contributed by atoms with van der Waals surface area (Å²) in [6, 6.07) is 79.8. The van der Waals surface area contributed by atoms with E-state index in [2.05, 4.69) is 300 Å². The van der Waals surface area contributed by atoms with Gasteiger partial charge in [-0.25, -0.2) is 0 Å². The van der Waals surface area contributed by atoms with E-state index in [1.165, 1.54) is 158 Å². The van der Waals surface area contributed by atoms with Gasteiger partial charge in [0.2, 0.25) is 0 Å². The molecule has 0 unspecified atom stereocenters. The van der Waals surface area contributed by atoms with Gasteiger partial charge < -0.3 is 0 Å². The van der Waals surface area contributed by atoms with Crippen LogP contribution in [-0.4, -0.2) is 19.0 Å². The molecule has 0 bridgehead atoms. The Morgan fingerprint density at radius 3 is 0.726 bits per heavy atom. The van der Waals surface area contributed by atoms with Crippen LogP contribution in [0.25, 0.3) is 87.6 Å². The first-order valence-corrected chi connectivity index (χ1v) is 45.4. The van der Waals surface area contributed by atoms with Crippen LogP contribution < -0.4 is 0 Å². The third kappa shape index (κ3) is 21.5. The van der Waals surface area contributed by atoms with Crippen LogP contribution >= 0.6 is 34.1 Å². The molecule has 12 aromatic carbocycles. The van der Waals surface area contributed by atoms with Crippen LogP contribution in [0.3, 0.4) is 0 Å². The SMILES string of the molecule is CCCc1ccc(-c2cccc3[cH-]c(C)cc23)cc1.CCCc1ccc(-c2cccc3[cH-]c(C)cc23)cc1.C[Si]C.C[Si]C.Cc1ccc(-c2cccc3[cH-]c(C)cc23)cc1.Cc1ccc(-c2cccc3[cH-]c(C)cc23)cc1.[Cl][Zr+2][Cl].[Cl][Zr+2][Cl]. The summed E-state index contributed by atoms with van der Waals surface area (Å²) in [5, 5.41) is 10.8. The Labute approximate surface area is 546 Å². The van der Waals surface area contributed by atoms with Gasteiger partial charge in [0, 0.05) is 19.0 Å². The van der Waals surface area contributed by atoms with Crippen molar-refractivity contribution in [3.8, 4) is 44.5 Å². The van der Waals surface area contributed by atoms with Gasteiger partial charge >= 0.3 is 75.7 Å². The van der Waals surface area contributed by atoms with Gasteiger partial charge in [0.1, 0.15) is 0 Å². The van der Waals surface area contributed by atoms with Gasteiger partial charge in [-0.2, -0.15) is 24.3 Å². The van der Waals surface area contributed by atoms with Crippen LogP contribution in [0.5, 0.6) is 0 Å². The van der Waals surface area contributed by atoms with Crippen LogP contribution in [0.4, 0.5) is 0 Å². The van der Waals surface area contributed by atoms with Crippen molar-refractivity contribution in [3.05, 3.63) is 263 Å². The quantitative estimate of drug-likeness (QED) is 0.105. The van der Waals surface area contributed by atoms with Crippen LogP contribution in [-0.2, 0) is 54.5 Å². The Kier molecular flexibility index (Phi) is 31.8. The van der Waals surface area contributed by atoms with Crippen molar-refractivity contribution in [2.45, 2.75) is 107 Å². The summed E-state index contributed by atoms with van der Waals surface area (Å²) < 4.78 is 0. The maximum atomic E-state index is 4.93. The summed E-state index contributed by atoms with van der Waals surface area (Å²) in [5.74, 6) is 0. The molecule has 0 nitrogen and oxygen atoms in total. The second-order valence-electron chi connectivity index (χ2n) is 21.1. The van der Waals surface area contributed by atoms with Crippen molar-refractivity contribution < 1.29 is 41.7 Å². The molecule has 12 rings (SSSR count). The molecule has 0 aromatic heterocycles. The first kappa shape index (κ1) is 70.3. The van der Waals surface area contributed by atoms with Crippen LogP contribution in [0, 0.1) is 41.5 Å². The molecule has 4 radical (unpaired) electrons. The fourth-order valence-corrected chi connectivity index (χ4v) is 10.3. The molecule has 0 saturated carbocycles. The zero-order valence-electron chi connectivity index (χ0n) is 51.1. The van der Waals surface area contributed by atoms with Crippen molar-refractivity contribution in [1.29, 1.82) is 0 Å². The van der Waals surface area contributed by atoms with Gasteiger partial charge in [0.25, 0.3) is 0 Å². The van der Waals surface area contributed by atoms with Crippen LogP contribution in [0.2, 0.25) is 26.2 Å². The summed E-state index contributed by atoms with van der Waals surface area (Å²) >= 11 is -1.65. The van der Waals surface area contributed by atoms with Crippen molar-refractivity contribution in [1.82, 2.24) is 0 Å². The van der Waals surface area contributed by atoms with Crippen molar-refractivity contribution in [3.63, 3.8) is 0 Å². The molecule has 8 heteroatoms. The molecule has 0 atom stereocenters. The Morgan fingerprint density at radius 1 is 0.321 bits per heavy atom. The molecular weight excluding hydrogens is 1290 g/mol. The second-order valence-corrected chi connectivity index (χ2v) is 30.6. The first-order chi connectivity index (χ1) is 40.7. The van der Waals surface area contributed by atoms with Gasteiger partial charge in [-0.1, -0.05) is 235 Å². The normalized spacial score (nSPS) is 10.1. The molecule has 0 aliphatic rings. The number of rotatable bonds is 8. The number of halogens is 4. The summed E-state index contributed by atoms with van der Waals surface area (Å²) in [6.07, 6.45) is 4.74. The number of hydrogen-bond donors (Lipinski definition) is 0. The molecule has 428 valence electrons. The van der Waals surface area contributed by atoms with E-state index in [0.717, 1.165) is 19.0 Å².